The van der Waals surface area contributed by atoms with Gasteiger partial charge >= 0.3 is 6.18 Å². The van der Waals surface area contributed by atoms with Gasteiger partial charge in [-0.15, -0.1) is 0 Å². The van der Waals surface area contributed by atoms with Gasteiger partial charge in [-0.25, -0.2) is 0 Å². The highest BCUT2D eigenvalue weighted by Crippen LogP contribution is 2.14. The fourth-order valence-electron chi connectivity index (χ4n) is 0.979. The number of hydrogen-bond acceptors (Lipinski definition) is 3. The zero-order valence-corrected chi connectivity index (χ0v) is 7.77. The van der Waals surface area contributed by atoms with Crippen molar-refractivity contribution in [3.05, 3.63) is 0 Å². The van der Waals surface area contributed by atoms with E-state index in [9.17, 15) is 13.2 Å². The minimum Gasteiger partial charge on any atom is -0.375 e. The molecule has 1 aliphatic heterocycles. The van der Waals surface area contributed by atoms with Crippen molar-refractivity contribution in [1.82, 2.24) is 5.32 Å². The molecule has 0 bridgehead atoms. The summed E-state index contributed by atoms with van der Waals surface area (Å²) in [6.45, 7) is 1.06. The fraction of sp³-hybridized carbons (Fsp3) is 1.00. The minimum absolute atomic E-state index is 0.0969. The van der Waals surface area contributed by atoms with Crippen molar-refractivity contribution in [2.45, 2.75) is 18.7 Å². The van der Waals surface area contributed by atoms with Gasteiger partial charge in [0.25, 0.3) is 0 Å². The fourth-order valence-corrected chi connectivity index (χ4v) is 0.979. The van der Waals surface area contributed by atoms with Gasteiger partial charge in [0, 0.05) is 26.3 Å². The van der Waals surface area contributed by atoms with E-state index in [0.29, 0.717) is 13.0 Å². The Balaban J connectivity index is 1.80. The van der Waals surface area contributed by atoms with Crippen LogP contribution in [0.1, 0.15) is 6.42 Å². The lowest BCUT2D eigenvalue weighted by Gasteiger charge is -2.27. The molecule has 0 saturated carbocycles. The highest BCUT2D eigenvalue weighted by Gasteiger charge is 2.27. The molecule has 0 amide bonds. The maximum Gasteiger partial charge on any atom is 0.411 e. The number of nitrogens with one attached hydrogen (secondary N) is 1. The predicted octanol–water partition coefficient (Wildman–Crippen LogP) is 0.944. The molecule has 6 heteroatoms. The molecule has 1 rings (SSSR count). The lowest BCUT2D eigenvalue weighted by molar-refractivity contribution is -0.174. The van der Waals surface area contributed by atoms with Crippen molar-refractivity contribution in [1.29, 1.82) is 0 Å². The third kappa shape index (κ3) is 5.41. The second-order valence-corrected chi connectivity index (χ2v) is 3.17. The van der Waals surface area contributed by atoms with Crippen LogP contribution in [0.2, 0.25) is 0 Å². The van der Waals surface area contributed by atoms with Crippen molar-refractivity contribution in [2.75, 3.05) is 32.9 Å². The van der Waals surface area contributed by atoms with Crippen LogP contribution in [0, 0.1) is 0 Å². The van der Waals surface area contributed by atoms with Gasteiger partial charge in [-0.1, -0.05) is 0 Å². The van der Waals surface area contributed by atoms with Crippen LogP contribution < -0.4 is 5.32 Å². The van der Waals surface area contributed by atoms with E-state index in [1.54, 1.807) is 0 Å². The van der Waals surface area contributed by atoms with Crippen LogP contribution in [0.5, 0.6) is 0 Å². The number of hydrogen-bond donors (Lipinski definition) is 1. The SMILES string of the molecule is FC(F)(F)COCCCOC1CNC1. The third-order valence-corrected chi connectivity index (χ3v) is 1.80. The molecule has 84 valence electrons. The smallest absolute Gasteiger partial charge is 0.375 e. The van der Waals surface area contributed by atoms with Gasteiger partial charge in [0.1, 0.15) is 6.61 Å². The second-order valence-electron chi connectivity index (χ2n) is 3.17. The van der Waals surface area contributed by atoms with Crippen molar-refractivity contribution < 1.29 is 22.6 Å². The largest absolute Gasteiger partial charge is 0.411 e. The molecule has 1 heterocycles. The first-order chi connectivity index (χ1) is 6.58. The van der Waals surface area contributed by atoms with Crippen LogP contribution in [-0.2, 0) is 9.47 Å². The van der Waals surface area contributed by atoms with E-state index in [0.717, 1.165) is 13.1 Å². The van der Waals surface area contributed by atoms with E-state index < -0.39 is 12.8 Å². The predicted molar refractivity (Wildman–Crippen MR) is 44.1 cm³/mol. The maximum absolute atomic E-state index is 11.6. The van der Waals surface area contributed by atoms with Crippen molar-refractivity contribution in [2.24, 2.45) is 0 Å². The molecule has 1 fully saturated rings. The van der Waals surface area contributed by atoms with Crippen LogP contribution >= 0.6 is 0 Å². The summed E-state index contributed by atoms with van der Waals surface area (Å²) in [5.74, 6) is 0. The van der Waals surface area contributed by atoms with Crippen LogP contribution in [0.4, 0.5) is 13.2 Å². The minimum atomic E-state index is -4.22. The summed E-state index contributed by atoms with van der Waals surface area (Å²) in [4.78, 5) is 0. The average molecular weight is 213 g/mol. The first-order valence-corrected chi connectivity index (χ1v) is 4.55. The molecule has 3 nitrogen and oxygen atoms in total. The van der Waals surface area contributed by atoms with Crippen LogP contribution in [0.25, 0.3) is 0 Å². The standard InChI is InChI=1S/C8H14F3NO2/c9-8(10,11)6-13-2-1-3-14-7-4-12-5-7/h7,12H,1-6H2. The molecule has 1 saturated heterocycles. The molecular weight excluding hydrogens is 199 g/mol. The maximum atomic E-state index is 11.6. The Labute approximate surface area is 80.6 Å². The second kappa shape index (κ2) is 5.53. The van der Waals surface area contributed by atoms with E-state index in [1.807, 2.05) is 0 Å². The number of ether oxygens (including phenoxy) is 2. The van der Waals surface area contributed by atoms with Crippen LogP contribution in [0.15, 0.2) is 0 Å². The van der Waals surface area contributed by atoms with Crippen molar-refractivity contribution >= 4 is 0 Å². The van der Waals surface area contributed by atoms with Gasteiger partial charge in [0.2, 0.25) is 0 Å². The van der Waals surface area contributed by atoms with Crippen molar-refractivity contribution in [3.8, 4) is 0 Å². The Morgan fingerprint density at radius 3 is 2.43 bits per heavy atom. The molecule has 0 atom stereocenters. The van der Waals surface area contributed by atoms with E-state index in [4.69, 9.17) is 4.74 Å². The van der Waals surface area contributed by atoms with Gasteiger partial charge in [-0.3, -0.25) is 0 Å². The summed E-state index contributed by atoms with van der Waals surface area (Å²) in [6, 6.07) is 0. The van der Waals surface area contributed by atoms with Gasteiger partial charge in [0.05, 0.1) is 6.10 Å². The molecule has 0 aromatic heterocycles. The summed E-state index contributed by atoms with van der Waals surface area (Å²) in [5.41, 5.74) is 0. The van der Waals surface area contributed by atoms with Crippen LogP contribution in [-0.4, -0.2) is 45.2 Å². The Kier molecular flexibility index (Phi) is 4.64. The lowest BCUT2D eigenvalue weighted by Crippen LogP contribution is -2.48. The normalized spacial score (nSPS) is 18.2. The summed E-state index contributed by atoms with van der Waals surface area (Å²) in [6.07, 6.45) is -3.48. The lowest BCUT2D eigenvalue weighted by atomic mass is 10.2. The Bertz CT molecular complexity index is 159. The van der Waals surface area contributed by atoms with Gasteiger partial charge < -0.3 is 14.8 Å². The van der Waals surface area contributed by atoms with E-state index in [1.165, 1.54) is 0 Å². The first-order valence-electron chi connectivity index (χ1n) is 4.55. The Morgan fingerprint density at radius 2 is 1.93 bits per heavy atom. The molecule has 1 N–H and O–H groups in total. The molecule has 0 spiro atoms. The molecule has 0 aromatic carbocycles. The van der Waals surface area contributed by atoms with E-state index in [-0.39, 0.29) is 12.7 Å². The molecule has 0 aliphatic carbocycles. The number of alkyl halides is 3. The topological polar surface area (TPSA) is 30.5 Å². The zero-order valence-electron chi connectivity index (χ0n) is 7.77. The number of rotatable bonds is 6. The summed E-state index contributed by atoms with van der Waals surface area (Å²) < 4.78 is 44.5. The monoisotopic (exact) mass is 213 g/mol. The van der Waals surface area contributed by atoms with Crippen molar-refractivity contribution in [3.63, 3.8) is 0 Å². The molecule has 1 aliphatic rings. The van der Waals surface area contributed by atoms with Gasteiger partial charge in [-0.05, 0) is 6.42 Å². The average Bonchev–Trinajstić information content (AvgIpc) is 1.97. The van der Waals surface area contributed by atoms with E-state index in [2.05, 4.69) is 10.1 Å². The quantitative estimate of drug-likeness (QED) is 0.666. The molecule has 0 radical (unpaired) electrons. The molecule has 0 aromatic rings. The zero-order chi connectivity index (χ0) is 10.4. The van der Waals surface area contributed by atoms with E-state index >= 15 is 0 Å². The van der Waals surface area contributed by atoms with Crippen LogP contribution in [0.3, 0.4) is 0 Å². The summed E-state index contributed by atoms with van der Waals surface area (Å²) >= 11 is 0. The van der Waals surface area contributed by atoms with Gasteiger partial charge in [0.15, 0.2) is 0 Å². The molecule has 14 heavy (non-hydrogen) atoms. The highest BCUT2D eigenvalue weighted by molar-refractivity contribution is 4.74. The molecule has 0 unspecified atom stereocenters. The first kappa shape index (κ1) is 11.7. The molecular formula is C8H14F3NO2. The Hall–Kier alpha value is -0.330. The van der Waals surface area contributed by atoms with Gasteiger partial charge in [-0.2, -0.15) is 13.2 Å². The number of halogens is 3. The highest BCUT2D eigenvalue weighted by atomic mass is 19.4. The summed E-state index contributed by atoms with van der Waals surface area (Å²) in [5, 5.41) is 3.03. The third-order valence-electron chi connectivity index (χ3n) is 1.80. The Morgan fingerprint density at radius 1 is 1.21 bits per heavy atom. The summed E-state index contributed by atoms with van der Waals surface area (Å²) in [7, 11) is 0.